The number of hydrogen-bond donors (Lipinski definition) is 1. The first-order valence-electron chi connectivity index (χ1n) is 7.34. The van der Waals surface area contributed by atoms with E-state index in [1.807, 2.05) is 0 Å². The molecule has 0 saturated carbocycles. The third-order valence-electron chi connectivity index (χ3n) is 4.64. The van der Waals surface area contributed by atoms with E-state index in [-0.39, 0.29) is 0 Å². The van der Waals surface area contributed by atoms with Gasteiger partial charge in [-0.15, -0.1) is 0 Å². The number of hydrogen-bond acceptors (Lipinski definition) is 3. The van der Waals surface area contributed by atoms with Gasteiger partial charge in [0, 0.05) is 12.6 Å². The summed E-state index contributed by atoms with van der Waals surface area (Å²) in [6.07, 6.45) is 2.95. The van der Waals surface area contributed by atoms with Crippen molar-refractivity contribution in [2.45, 2.75) is 76.9 Å². The van der Waals surface area contributed by atoms with Crippen molar-refractivity contribution < 1.29 is 9.53 Å². The van der Waals surface area contributed by atoms with E-state index in [1.165, 1.54) is 0 Å². The van der Waals surface area contributed by atoms with Crippen molar-refractivity contribution in [1.29, 1.82) is 0 Å². The lowest BCUT2D eigenvalue weighted by atomic mass is 9.98. The molecule has 0 amide bonds. The minimum absolute atomic E-state index is 0.362. The minimum Gasteiger partial charge on any atom is -0.432 e. The molecule has 1 N–H and O–H groups in total. The fraction of sp³-hybridized carbons (Fsp3) is 1.00. The van der Waals surface area contributed by atoms with Crippen LogP contribution in [-0.2, 0) is 4.74 Å². The Balaban J connectivity index is 2.52. The van der Waals surface area contributed by atoms with Gasteiger partial charge in [-0.1, -0.05) is 13.8 Å². The smallest absolute Gasteiger partial charge is 0.189 e. The van der Waals surface area contributed by atoms with E-state index in [9.17, 15) is 4.80 Å². The average molecular weight is 273 g/mol. The van der Waals surface area contributed by atoms with Gasteiger partial charge >= 0.3 is 0 Å². The second-order valence-corrected chi connectivity index (χ2v) is 10.8. The van der Waals surface area contributed by atoms with Crippen molar-refractivity contribution in [1.82, 2.24) is 4.90 Å². The minimum atomic E-state index is -2.01. The first-order chi connectivity index (χ1) is 8.26. The Bertz CT molecular complexity index is 250. The van der Waals surface area contributed by atoms with Gasteiger partial charge in [0.05, 0.1) is 12.2 Å². The molecule has 0 spiro atoms. The van der Waals surface area contributed by atoms with E-state index in [2.05, 4.69) is 46.2 Å². The van der Waals surface area contributed by atoms with Crippen LogP contribution in [0.3, 0.4) is 0 Å². The van der Waals surface area contributed by atoms with Crippen LogP contribution in [0.4, 0.5) is 0 Å². The van der Waals surface area contributed by atoms with Crippen LogP contribution in [0.25, 0.3) is 0 Å². The monoisotopic (exact) mass is 273 g/mol. The van der Waals surface area contributed by atoms with Crippen LogP contribution in [0.5, 0.6) is 0 Å². The molecule has 4 atom stereocenters. The molecule has 3 nitrogen and oxygen atoms in total. The molecule has 0 aliphatic carbocycles. The second-order valence-electron chi connectivity index (χ2n) is 6.43. The molecule has 0 bridgehead atoms. The average Bonchev–Trinajstić information content (AvgIpc) is 2.27. The zero-order chi connectivity index (χ0) is 13.9. The maximum absolute atomic E-state index is 10.4. The molecule has 0 aromatic rings. The van der Waals surface area contributed by atoms with Gasteiger partial charge in [-0.05, 0) is 51.9 Å². The molecule has 1 rings (SSSR count). The van der Waals surface area contributed by atoms with Gasteiger partial charge < -0.3 is 14.4 Å². The maximum Gasteiger partial charge on any atom is 0.189 e. The molecule has 4 unspecified atom stereocenters. The number of nitrogens with zero attached hydrogens (tertiary/aromatic N) is 1. The highest BCUT2D eigenvalue weighted by atomic mass is 28.4. The molecular weight excluding hydrogens is 242 g/mol. The molecule has 0 aromatic heterocycles. The van der Waals surface area contributed by atoms with Crippen LogP contribution < -0.4 is 0 Å². The summed E-state index contributed by atoms with van der Waals surface area (Å²) in [5, 5.41) is 0. The topological polar surface area (TPSA) is 32.7 Å². The molecule has 1 heterocycles. The Hall–Kier alpha value is 0.0969. The summed E-state index contributed by atoms with van der Waals surface area (Å²) in [5.74, 6) is 0. The maximum atomic E-state index is 10.4. The Morgan fingerprint density at radius 2 is 1.83 bits per heavy atom. The number of ether oxygens (including phenoxy) is 1. The highest BCUT2D eigenvalue weighted by molar-refractivity contribution is 6.72. The van der Waals surface area contributed by atoms with Crippen molar-refractivity contribution in [3.05, 3.63) is 0 Å². The lowest BCUT2D eigenvalue weighted by Gasteiger charge is -2.40. The van der Waals surface area contributed by atoms with Gasteiger partial charge in [0.25, 0.3) is 0 Å². The summed E-state index contributed by atoms with van der Waals surface area (Å²) < 4.78 is 5.79. The molecule has 1 saturated heterocycles. The van der Waals surface area contributed by atoms with Crippen molar-refractivity contribution in [3.63, 3.8) is 0 Å². The SMILES string of the molecule is CC[Si](C)(O)C(C)CN(C)C1CC(C)OC(C)C1. The van der Waals surface area contributed by atoms with E-state index < -0.39 is 8.32 Å². The summed E-state index contributed by atoms with van der Waals surface area (Å²) >= 11 is 0. The van der Waals surface area contributed by atoms with E-state index in [4.69, 9.17) is 4.74 Å². The summed E-state index contributed by atoms with van der Waals surface area (Å²) in [5.41, 5.74) is 0.431. The largest absolute Gasteiger partial charge is 0.432 e. The Labute approximate surface area is 114 Å². The van der Waals surface area contributed by atoms with Gasteiger partial charge in [0.15, 0.2) is 8.32 Å². The highest BCUT2D eigenvalue weighted by Gasteiger charge is 2.33. The van der Waals surface area contributed by atoms with Crippen LogP contribution in [0.15, 0.2) is 0 Å². The fourth-order valence-electron chi connectivity index (χ4n) is 2.86. The Morgan fingerprint density at radius 3 is 2.28 bits per heavy atom. The Morgan fingerprint density at radius 1 is 1.33 bits per heavy atom. The van der Waals surface area contributed by atoms with Gasteiger partial charge in [-0.3, -0.25) is 0 Å². The van der Waals surface area contributed by atoms with Crippen molar-refractivity contribution in [2.24, 2.45) is 0 Å². The normalized spacial score (nSPS) is 34.3. The molecule has 0 radical (unpaired) electrons. The first kappa shape index (κ1) is 16.2. The van der Waals surface area contributed by atoms with Crippen molar-refractivity contribution in [3.8, 4) is 0 Å². The third kappa shape index (κ3) is 4.33. The molecular formula is C14H31NO2Si. The quantitative estimate of drug-likeness (QED) is 0.782. The number of rotatable bonds is 5. The summed E-state index contributed by atoms with van der Waals surface area (Å²) in [6, 6.07) is 1.55. The zero-order valence-electron chi connectivity index (χ0n) is 12.9. The van der Waals surface area contributed by atoms with E-state index in [0.717, 1.165) is 25.4 Å². The van der Waals surface area contributed by atoms with Gasteiger partial charge in [-0.25, -0.2) is 0 Å². The summed E-state index contributed by atoms with van der Waals surface area (Å²) in [4.78, 5) is 12.9. The highest BCUT2D eigenvalue weighted by Crippen LogP contribution is 2.27. The molecule has 1 fully saturated rings. The predicted molar refractivity (Wildman–Crippen MR) is 79.4 cm³/mol. The van der Waals surface area contributed by atoms with Gasteiger partial charge in [-0.2, -0.15) is 0 Å². The molecule has 0 aromatic carbocycles. The molecule has 1 aliphatic heterocycles. The summed E-state index contributed by atoms with van der Waals surface area (Å²) in [6.45, 7) is 11.7. The van der Waals surface area contributed by atoms with Crippen LogP contribution >= 0.6 is 0 Å². The molecule has 1 aliphatic rings. The molecule has 4 heteroatoms. The van der Waals surface area contributed by atoms with Crippen LogP contribution in [0.1, 0.15) is 40.5 Å². The third-order valence-corrected chi connectivity index (χ3v) is 8.37. The summed E-state index contributed by atoms with van der Waals surface area (Å²) in [7, 11) is 0.187. The van der Waals surface area contributed by atoms with Gasteiger partial charge in [0.1, 0.15) is 0 Å². The van der Waals surface area contributed by atoms with E-state index >= 15 is 0 Å². The van der Waals surface area contributed by atoms with Crippen molar-refractivity contribution in [2.75, 3.05) is 13.6 Å². The van der Waals surface area contributed by atoms with E-state index in [1.54, 1.807) is 0 Å². The van der Waals surface area contributed by atoms with Gasteiger partial charge in [0.2, 0.25) is 0 Å². The van der Waals surface area contributed by atoms with E-state index in [0.29, 0.717) is 23.8 Å². The first-order valence-corrected chi connectivity index (χ1v) is 10.1. The predicted octanol–water partition coefficient (Wildman–Crippen LogP) is 2.85. The lowest BCUT2D eigenvalue weighted by Crippen LogP contribution is -2.46. The Kier molecular flexibility index (Phi) is 5.84. The fourth-order valence-corrected chi connectivity index (χ4v) is 4.23. The van der Waals surface area contributed by atoms with Crippen LogP contribution in [-0.4, -0.2) is 49.9 Å². The second kappa shape index (κ2) is 6.50. The molecule has 108 valence electrons. The molecule has 18 heavy (non-hydrogen) atoms. The zero-order valence-corrected chi connectivity index (χ0v) is 13.9. The van der Waals surface area contributed by atoms with Crippen LogP contribution in [0.2, 0.25) is 18.1 Å². The van der Waals surface area contributed by atoms with Crippen molar-refractivity contribution >= 4 is 8.32 Å². The lowest BCUT2D eigenvalue weighted by molar-refractivity contribution is -0.0613. The van der Waals surface area contributed by atoms with Crippen LogP contribution in [0, 0.1) is 0 Å². The standard InChI is InChI=1S/C14H31NO2Si/c1-7-18(6,16)13(4)10-15(5)14-8-11(2)17-12(3)9-14/h11-14,16H,7-10H2,1-6H3.